The van der Waals surface area contributed by atoms with Crippen LogP contribution in [0.4, 0.5) is 5.13 Å². The Labute approximate surface area is 181 Å². The molecule has 1 aromatic carbocycles. The molecule has 1 fully saturated rings. The van der Waals surface area contributed by atoms with Gasteiger partial charge in [-0.1, -0.05) is 0 Å². The second kappa shape index (κ2) is 8.61. The van der Waals surface area contributed by atoms with Crippen molar-refractivity contribution in [2.24, 2.45) is 10.7 Å². The Hall–Kier alpha value is -1.27. The van der Waals surface area contributed by atoms with Crippen LogP contribution in [0, 0.1) is 0 Å². The summed E-state index contributed by atoms with van der Waals surface area (Å²) in [6.07, 6.45) is 1.84. The van der Waals surface area contributed by atoms with E-state index in [1.54, 1.807) is 11.3 Å². The van der Waals surface area contributed by atoms with Crippen LogP contribution in [0.5, 0.6) is 11.5 Å². The predicted octanol–water partition coefficient (Wildman–Crippen LogP) is 2.89. The lowest BCUT2D eigenvalue weighted by atomic mass is 10.2. The third-order valence-corrected chi connectivity index (χ3v) is 5.63. The lowest BCUT2D eigenvalue weighted by Crippen LogP contribution is -2.51. The number of piperazine rings is 1. The molecule has 0 atom stereocenters. The number of guanidine groups is 1. The van der Waals surface area contributed by atoms with E-state index in [0.29, 0.717) is 12.5 Å². The number of halogens is 2. The van der Waals surface area contributed by atoms with Crippen LogP contribution >= 0.6 is 51.2 Å². The van der Waals surface area contributed by atoms with E-state index in [2.05, 4.69) is 35.7 Å². The molecule has 4 rings (SSSR count). The van der Waals surface area contributed by atoms with Gasteiger partial charge in [-0.2, -0.15) is 0 Å². The van der Waals surface area contributed by atoms with Crippen molar-refractivity contribution >= 4 is 62.3 Å². The van der Waals surface area contributed by atoms with Crippen LogP contribution in [0.25, 0.3) is 0 Å². The van der Waals surface area contributed by atoms with Crippen LogP contribution in [-0.2, 0) is 6.54 Å². The monoisotopic (exact) mass is 551 g/mol. The van der Waals surface area contributed by atoms with Crippen LogP contribution in [0.15, 0.2) is 33.2 Å². The second-order valence-corrected chi connectivity index (χ2v) is 7.50. The number of hydrogen-bond donors (Lipinski definition) is 1. The highest BCUT2D eigenvalue weighted by Crippen LogP contribution is 2.40. The molecule has 0 unspecified atom stereocenters. The third-order valence-electron chi connectivity index (χ3n) is 4.20. The number of anilines is 1. The Morgan fingerprint density at radius 3 is 2.81 bits per heavy atom. The fourth-order valence-electron chi connectivity index (χ4n) is 2.88. The average molecular weight is 552 g/mol. The molecule has 140 valence electrons. The summed E-state index contributed by atoms with van der Waals surface area (Å²) in [6, 6.07) is 3.94. The Balaban J connectivity index is 0.00000196. The number of ether oxygens (including phenoxy) is 2. The van der Waals surface area contributed by atoms with Crippen molar-refractivity contribution in [2.75, 3.05) is 37.9 Å². The molecule has 0 amide bonds. The Morgan fingerprint density at radius 1 is 1.27 bits per heavy atom. The fourth-order valence-corrected chi connectivity index (χ4v) is 4.18. The molecule has 0 bridgehead atoms. The van der Waals surface area contributed by atoms with Gasteiger partial charge in [0.1, 0.15) is 0 Å². The van der Waals surface area contributed by atoms with E-state index in [1.807, 2.05) is 23.7 Å². The van der Waals surface area contributed by atoms with Crippen molar-refractivity contribution in [3.63, 3.8) is 0 Å². The molecule has 0 radical (unpaired) electrons. The number of nitrogens with zero attached hydrogens (tertiary/aromatic N) is 4. The minimum Gasteiger partial charge on any atom is -0.454 e. The molecule has 0 aliphatic carbocycles. The molecule has 26 heavy (non-hydrogen) atoms. The lowest BCUT2D eigenvalue weighted by molar-refractivity contribution is 0.173. The SMILES string of the molecule is I.NC(=NCc1cc(Br)c2c(c1)OCO2)N1CCN(c2nccs2)CC1. The van der Waals surface area contributed by atoms with Crippen LogP contribution in [0.1, 0.15) is 5.56 Å². The Kier molecular flexibility index (Phi) is 6.46. The molecular formula is C16H19BrIN5O2S. The Bertz CT molecular complexity index is 781. The van der Waals surface area contributed by atoms with E-state index >= 15 is 0 Å². The molecule has 2 aromatic rings. The lowest BCUT2D eigenvalue weighted by Gasteiger charge is -2.35. The number of aliphatic imine (C=N–C) groups is 1. The maximum Gasteiger partial charge on any atom is 0.231 e. The third kappa shape index (κ3) is 4.17. The zero-order valence-corrected chi connectivity index (χ0v) is 18.7. The summed E-state index contributed by atoms with van der Waals surface area (Å²) in [4.78, 5) is 13.3. The second-order valence-electron chi connectivity index (χ2n) is 5.77. The highest BCUT2D eigenvalue weighted by Gasteiger charge is 2.20. The number of rotatable bonds is 3. The molecule has 2 N–H and O–H groups in total. The van der Waals surface area contributed by atoms with Crippen LogP contribution in [0.3, 0.4) is 0 Å². The normalized spacial score (nSPS) is 16.6. The van der Waals surface area contributed by atoms with E-state index in [-0.39, 0.29) is 30.8 Å². The maximum atomic E-state index is 6.19. The highest BCUT2D eigenvalue weighted by atomic mass is 127. The van der Waals surface area contributed by atoms with Crippen molar-refractivity contribution in [1.82, 2.24) is 9.88 Å². The van der Waals surface area contributed by atoms with E-state index in [9.17, 15) is 0 Å². The summed E-state index contributed by atoms with van der Waals surface area (Å²) in [5.41, 5.74) is 7.22. The van der Waals surface area contributed by atoms with Crippen LogP contribution < -0.4 is 20.1 Å². The minimum atomic E-state index is 0. The average Bonchev–Trinajstić information content (AvgIpc) is 3.31. The van der Waals surface area contributed by atoms with Crippen molar-refractivity contribution in [3.8, 4) is 11.5 Å². The van der Waals surface area contributed by atoms with Gasteiger partial charge in [-0.15, -0.1) is 35.3 Å². The molecule has 0 spiro atoms. The van der Waals surface area contributed by atoms with Crippen molar-refractivity contribution in [2.45, 2.75) is 6.54 Å². The summed E-state index contributed by atoms with van der Waals surface area (Å²) in [5.74, 6) is 2.07. The predicted molar refractivity (Wildman–Crippen MR) is 117 cm³/mol. The van der Waals surface area contributed by atoms with Gasteiger partial charge in [0.2, 0.25) is 6.79 Å². The first kappa shape index (κ1) is 19.5. The first-order chi connectivity index (χ1) is 12.2. The molecule has 0 saturated carbocycles. The number of benzene rings is 1. The summed E-state index contributed by atoms with van der Waals surface area (Å²) in [7, 11) is 0. The summed E-state index contributed by atoms with van der Waals surface area (Å²) < 4.78 is 11.7. The van der Waals surface area contributed by atoms with Crippen molar-refractivity contribution in [1.29, 1.82) is 0 Å². The quantitative estimate of drug-likeness (QED) is 0.359. The molecule has 2 aliphatic rings. The van der Waals surface area contributed by atoms with Gasteiger partial charge in [0.25, 0.3) is 0 Å². The number of fused-ring (bicyclic) bond motifs is 1. The van der Waals surface area contributed by atoms with E-state index in [1.165, 1.54) is 0 Å². The number of hydrogen-bond acceptors (Lipinski definition) is 6. The van der Waals surface area contributed by atoms with Crippen LogP contribution in [-0.4, -0.2) is 48.8 Å². The van der Waals surface area contributed by atoms with Crippen LogP contribution in [0.2, 0.25) is 0 Å². The molecule has 1 aromatic heterocycles. The van der Waals surface area contributed by atoms with Gasteiger partial charge < -0.3 is 25.0 Å². The van der Waals surface area contributed by atoms with E-state index in [4.69, 9.17) is 15.2 Å². The van der Waals surface area contributed by atoms with Gasteiger partial charge in [-0.25, -0.2) is 9.98 Å². The van der Waals surface area contributed by atoms with Crippen molar-refractivity contribution in [3.05, 3.63) is 33.7 Å². The zero-order valence-electron chi connectivity index (χ0n) is 13.9. The van der Waals surface area contributed by atoms with Gasteiger partial charge in [0.15, 0.2) is 22.6 Å². The molecule has 2 aliphatic heterocycles. The molecule has 3 heterocycles. The largest absolute Gasteiger partial charge is 0.454 e. The summed E-state index contributed by atoms with van der Waals surface area (Å²) in [6.45, 7) is 4.26. The topological polar surface area (TPSA) is 76.2 Å². The fraction of sp³-hybridized carbons (Fsp3) is 0.375. The molecule has 7 nitrogen and oxygen atoms in total. The van der Waals surface area contributed by atoms with Crippen molar-refractivity contribution < 1.29 is 9.47 Å². The molecule has 1 saturated heterocycles. The summed E-state index contributed by atoms with van der Waals surface area (Å²) >= 11 is 5.17. The molecular weight excluding hydrogens is 533 g/mol. The summed E-state index contributed by atoms with van der Waals surface area (Å²) in [5, 5.41) is 3.07. The smallest absolute Gasteiger partial charge is 0.231 e. The van der Waals surface area contributed by atoms with Gasteiger partial charge in [0, 0.05) is 37.8 Å². The highest BCUT2D eigenvalue weighted by molar-refractivity contribution is 14.0. The zero-order chi connectivity index (χ0) is 17.2. The minimum absolute atomic E-state index is 0. The standard InChI is InChI=1S/C16H18BrN5O2S.HI/c17-12-7-11(8-13-14(12)24-10-23-13)9-20-15(18)21-2-4-22(5-3-21)16-19-1-6-25-16;/h1,6-8H,2-5,9-10H2,(H2,18,20);1H. The first-order valence-electron chi connectivity index (χ1n) is 7.98. The van der Waals surface area contributed by atoms with Gasteiger partial charge in [0.05, 0.1) is 11.0 Å². The van der Waals surface area contributed by atoms with Gasteiger partial charge in [-0.3, -0.25) is 0 Å². The van der Waals surface area contributed by atoms with E-state index in [0.717, 1.165) is 52.8 Å². The number of nitrogens with two attached hydrogens (primary N) is 1. The number of aromatic nitrogens is 1. The Morgan fingerprint density at radius 2 is 2.08 bits per heavy atom. The van der Waals surface area contributed by atoms with E-state index < -0.39 is 0 Å². The number of thiazole rings is 1. The molecule has 10 heteroatoms. The van der Waals surface area contributed by atoms with Gasteiger partial charge in [-0.05, 0) is 33.6 Å². The van der Waals surface area contributed by atoms with Gasteiger partial charge >= 0.3 is 0 Å². The first-order valence-corrected chi connectivity index (χ1v) is 9.65. The maximum absolute atomic E-state index is 6.19.